The fraction of sp³-hybridized carbons (Fsp3) is 0.400. The molecule has 1 atom stereocenters. The summed E-state index contributed by atoms with van der Waals surface area (Å²) < 4.78 is 5.14. The Labute approximate surface area is 310 Å². The Morgan fingerprint density at radius 3 is 1.67 bits per heavy atom. The summed E-state index contributed by atoms with van der Waals surface area (Å²) in [6, 6.07) is 21.9. The first-order chi connectivity index (χ1) is 21.7. The Hall–Kier alpha value is -2.05. The van der Waals surface area contributed by atoms with E-state index in [0.717, 1.165) is 6.42 Å². The second-order valence-corrected chi connectivity index (χ2v) is 22.3. The smallest absolute Gasteiger partial charge is 1.00 e. The number of allylic oxidation sites excluding steroid dienone is 8. The van der Waals surface area contributed by atoms with E-state index in [-0.39, 0.29) is 41.1 Å². The minimum absolute atomic E-state index is 0. The summed E-state index contributed by atoms with van der Waals surface area (Å²) in [5.41, 5.74) is 20.0. The van der Waals surface area contributed by atoms with Gasteiger partial charge in [-0.1, -0.05) is 0 Å². The summed E-state index contributed by atoms with van der Waals surface area (Å²) in [5, 5.41) is 0. The molecule has 0 fully saturated rings. The fourth-order valence-electron chi connectivity index (χ4n) is 9.39. The van der Waals surface area contributed by atoms with Crippen LogP contribution in [0.5, 0.6) is 0 Å². The number of hydrogen-bond donors (Lipinski definition) is 0. The molecule has 7 rings (SSSR count). The van der Waals surface area contributed by atoms with Gasteiger partial charge in [0.25, 0.3) is 0 Å². The molecule has 0 aliphatic heterocycles. The average Bonchev–Trinajstić information content (AvgIpc) is 3.66. The van der Waals surface area contributed by atoms with Crippen LogP contribution in [0.15, 0.2) is 87.3 Å². The monoisotopic (exact) mass is 752 g/mol. The van der Waals surface area contributed by atoms with Gasteiger partial charge in [-0.2, -0.15) is 0 Å². The molecule has 0 saturated heterocycles. The third-order valence-electron chi connectivity index (χ3n) is 11.4. The van der Waals surface area contributed by atoms with Gasteiger partial charge in [0.15, 0.2) is 0 Å². The minimum Gasteiger partial charge on any atom is -1.00 e. The van der Waals surface area contributed by atoms with E-state index < -0.39 is 21.3 Å². The molecular formula is C45H52Cl2Zr. The minimum atomic E-state index is -2.66. The maximum atomic E-state index is 2.84. The molecule has 0 spiro atoms. The molecule has 0 nitrogen and oxygen atoms in total. The van der Waals surface area contributed by atoms with Crippen molar-refractivity contribution in [2.24, 2.45) is 11.3 Å². The van der Waals surface area contributed by atoms with Crippen molar-refractivity contribution in [3.63, 3.8) is 0 Å². The van der Waals surface area contributed by atoms with E-state index >= 15 is 0 Å². The van der Waals surface area contributed by atoms with Gasteiger partial charge in [-0.05, 0) is 0 Å². The normalized spacial score (nSPS) is 19.9. The molecule has 3 heteroatoms. The van der Waals surface area contributed by atoms with E-state index in [1.807, 2.05) is 3.28 Å². The van der Waals surface area contributed by atoms with Crippen LogP contribution in [0.3, 0.4) is 0 Å². The van der Waals surface area contributed by atoms with Gasteiger partial charge in [0.2, 0.25) is 0 Å². The summed E-state index contributed by atoms with van der Waals surface area (Å²) >= 11 is -2.66. The zero-order valence-corrected chi connectivity index (χ0v) is 34.8. The summed E-state index contributed by atoms with van der Waals surface area (Å²) in [5.74, 6) is 0.538. The van der Waals surface area contributed by atoms with Gasteiger partial charge < -0.3 is 24.8 Å². The largest absolute Gasteiger partial charge is 1.00 e. The van der Waals surface area contributed by atoms with Crippen molar-refractivity contribution in [3.05, 3.63) is 126 Å². The molecular weight excluding hydrogens is 703 g/mol. The van der Waals surface area contributed by atoms with Crippen LogP contribution in [0, 0.1) is 11.3 Å². The maximum Gasteiger partial charge on any atom is -1.00 e. The van der Waals surface area contributed by atoms with Crippen molar-refractivity contribution in [3.8, 4) is 11.1 Å². The van der Waals surface area contributed by atoms with Crippen LogP contribution in [-0.2, 0) is 32.1 Å². The zero-order chi connectivity index (χ0) is 32.9. The van der Waals surface area contributed by atoms with E-state index in [4.69, 9.17) is 0 Å². The fourth-order valence-corrected chi connectivity index (χ4v) is 18.5. The summed E-state index contributed by atoms with van der Waals surface area (Å²) in [6.45, 7) is 26.4. The van der Waals surface area contributed by atoms with E-state index in [2.05, 4.69) is 153 Å². The predicted molar refractivity (Wildman–Crippen MR) is 197 cm³/mol. The van der Waals surface area contributed by atoms with Gasteiger partial charge in [0.1, 0.15) is 0 Å². The molecule has 1 unspecified atom stereocenters. The molecule has 0 saturated carbocycles. The first-order valence-electron chi connectivity index (χ1n) is 17.7. The van der Waals surface area contributed by atoms with Crippen molar-refractivity contribution in [2.75, 3.05) is 0 Å². The molecule has 3 aromatic rings. The van der Waals surface area contributed by atoms with Gasteiger partial charge >= 0.3 is 288 Å². The Kier molecular flexibility index (Phi) is 10.0. The molecule has 0 radical (unpaired) electrons. The summed E-state index contributed by atoms with van der Waals surface area (Å²) in [7, 11) is 0. The van der Waals surface area contributed by atoms with Gasteiger partial charge in [-0.25, -0.2) is 0 Å². The standard InChI is InChI=1S/C25H25.C13H21.C7H6.2ClH.Zr/c1-14-12-24(3,4)22-8-16-7-17-9-23-19(15(2)13-25(23,5)6)11-21(17)20(16)10-18(14)22;1-6-10-8-11(7-2)12(9-10)13(3,4)5;1-7-5-3-2-4-6-7;;;/h7-13H,1-6H3;9-10H,6-7H2,1-5H3;1-6H;2*1H;/q;;;;;+2/p-2. The first kappa shape index (κ1) is 37.2. The van der Waals surface area contributed by atoms with Gasteiger partial charge in [-0.3, -0.25) is 0 Å². The Bertz CT molecular complexity index is 1870. The van der Waals surface area contributed by atoms with Gasteiger partial charge in [0, 0.05) is 0 Å². The third kappa shape index (κ3) is 5.83. The Morgan fingerprint density at radius 2 is 1.23 bits per heavy atom. The molecule has 3 aromatic carbocycles. The number of hydrogen-bond acceptors (Lipinski definition) is 0. The van der Waals surface area contributed by atoms with Crippen LogP contribution in [0.25, 0.3) is 22.3 Å². The molecule has 0 heterocycles. The second kappa shape index (κ2) is 12.9. The molecule has 48 heavy (non-hydrogen) atoms. The SMILES string of the molecule is CCC1=[C](/[Zr+2](=[CH]\c2ccccc2)[CH]2c3cc4c(cc3-c3cc5c(cc32)C(C)(C)C=C5C)C(C)=CC4(C)C)C(CC)C=C1C(C)(C)C.[Cl-].[Cl-]. The Balaban J connectivity index is 0.00000225. The molecule has 250 valence electrons. The van der Waals surface area contributed by atoms with Crippen molar-refractivity contribution in [1.82, 2.24) is 0 Å². The third-order valence-corrected chi connectivity index (χ3v) is 19.2. The maximum absolute atomic E-state index is 2.84. The quantitative estimate of drug-likeness (QED) is 0.287. The number of rotatable bonds is 5. The molecule has 0 amide bonds. The molecule has 4 aliphatic carbocycles. The van der Waals surface area contributed by atoms with Crippen molar-refractivity contribution in [2.45, 2.75) is 103 Å². The van der Waals surface area contributed by atoms with Crippen LogP contribution in [0.1, 0.15) is 132 Å². The van der Waals surface area contributed by atoms with E-state index in [1.54, 1.807) is 22.3 Å². The van der Waals surface area contributed by atoms with Gasteiger partial charge in [0.05, 0.1) is 0 Å². The predicted octanol–water partition coefficient (Wildman–Crippen LogP) is 6.30. The van der Waals surface area contributed by atoms with Crippen LogP contribution in [-0.4, -0.2) is 3.71 Å². The molecule has 0 bridgehead atoms. The van der Waals surface area contributed by atoms with Crippen molar-refractivity contribution in [1.29, 1.82) is 0 Å². The summed E-state index contributed by atoms with van der Waals surface area (Å²) in [4.78, 5) is 0. The summed E-state index contributed by atoms with van der Waals surface area (Å²) in [6.07, 6.45) is 9.99. The topological polar surface area (TPSA) is 0 Å². The number of benzene rings is 3. The molecule has 0 N–H and O–H groups in total. The zero-order valence-electron chi connectivity index (χ0n) is 30.8. The molecule has 0 aromatic heterocycles. The van der Waals surface area contributed by atoms with Crippen LogP contribution < -0.4 is 24.8 Å². The van der Waals surface area contributed by atoms with E-state index in [0.29, 0.717) is 9.54 Å². The van der Waals surface area contributed by atoms with Crippen molar-refractivity contribution < 1.29 is 46.1 Å². The van der Waals surface area contributed by atoms with Gasteiger partial charge in [-0.15, -0.1) is 0 Å². The first-order valence-corrected chi connectivity index (χ1v) is 21.7. The average molecular weight is 755 g/mol. The van der Waals surface area contributed by atoms with Crippen LogP contribution in [0.4, 0.5) is 0 Å². The molecule has 4 aliphatic rings. The van der Waals surface area contributed by atoms with E-state index in [1.165, 1.54) is 56.5 Å². The number of fused-ring (bicyclic) bond motifs is 5. The number of halogens is 2. The van der Waals surface area contributed by atoms with Crippen molar-refractivity contribution >= 4 is 14.9 Å². The Morgan fingerprint density at radius 1 is 0.729 bits per heavy atom. The van der Waals surface area contributed by atoms with Crippen LogP contribution in [0.2, 0.25) is 0 Å². The second-order valence-electron chi connectivity index (χ2n) is 16.6. The van der Waals surface area contributed by atoms with Crippen LogP contribution >= 0.6 is 0 Å². The van der Waals surface area contributed by atoms with E-state index in [9.17, 15) is 0 Å².